The summed E-state index contributed by atoms with van der Waals surface area (Å²) in [4.78, 5) is 24.0. The Hall–Kier alpha value is -3.91. The lowest BCUT2D eigenvalue weighted by Crippen LogP contribution is -2.53. The Morgan fingerprint density at radius 1 is 0.974 bits per heavy atom. The van der Waals surface area contributed by atoms with Crippen LogP contribution in [0.15, 0.2) is 60.9 Å². The zero-order valence-corrected chi connectivity index (χ0v) is 23.6. The fourth-order valence-corrected chi connectivity index (χ4v) is 4.83. The minimum atomic E-state index is -0.574. The number of hydrogen-bond donors (Lipinski definition) is 1. The van der Waals surface area contributed by atoms with E-state index in [0.29, 0.717) is 28.9 Å². The average molecular weight is 532 g/mol. The minimum absolute atomic E-state index is 0.0119. The first-order valence-corrected chi connectivity index (χ1v) is 13.2. The molecule has 1 saturated heterocycles. The van der Waals surface area contributed by atoms with Crippen LogP contribution < -0.4 is 9.80 Å². The van der Waals surface area contributed by atoms with Gasteiger partial charge >= 0.3 is 0 Å². The van der Waals surface area contributed by atoms with E-state index in [1.54, 1.807) is 23.2 Å². The lowest BCUT2D eigenvalue weighted by molar-refractivity contribution is -0.107. The first-order chi connectivity index (χ1) is 18.5. The number of carbonyl (C=O) groups is 1. The van der Waals surface area contributed by atoms with Crippen LogP contribution in [0.3, 0.4) is 0 Å². The van der Waals surface area contributed by atoms with Gasteiger partial charge in [0.25, 0.3) is 0 Å². The van der Waals surface area contributed by atoms with Gasteiger partial charge in [-0.1, -0.05) is 18.2 Å². The van der Waals surface area contributed by atoms with Crippen LogP contribution in [0.5, 0.6) is 5.75 Å². The molecule has 206 valence electrons. The zero-order chi connectivity index (χ0) is 28.3. The molecule has 0 atom stereocenters. The molecular weight excluding hydrogens is 493 g/mol. The number of anilines is 2. The molecule has 8 heteroatoms. The van der Waals surface area contributed by atoms with Gasteiger partial charge in [-0.15, -0.1) is 0 Å². The summed E-state index contributed by atoms with van der Waals surface area (Å²) < 4.78 is 15.2. The molecule has 0 radical (unpaired) electrons. The van der Waals surface area contributed by atoms with Crippen molar-refractivity contribution in [1.29, 1.82) is 0 Å². The second kappa shape index (κ2) is 11.5. The quantitative estimate of drug-likeness (QED) is 0.407. The Morgan fingerprint density at radius 2 is 1.69 bits per heavy atom. The zero-order valence-electron chi connectivity index (χ0n) is 23.6. The highest BCUT2D eigenvalue weighted by Gasteiger charge is 2.26. The number of rotatable bonds is 7. The molecule has 3 aromatic rings. The van der Waals surface area contributed by atoms with Gasteiger partial charge in [-0.05, 0) is 63.6 Å². The highest BCUT2D eigenvalue weighted by molar-refractivity contribution is 5.83. The smallest absolute Gasteiger partial charge is 0.218 e. The van der Waals surface area contributed by atoms with Gasteiger partial charge in [0, 0.05) is 80.7 Å². The van der Waals surface area contributed by atoms with E-state index >= 15 is 4.39 Å². The van der Waals surface area contributed by atoms with Crippen molar-refractivity contribution >= 4 is 17.8 Å². The topological polar surface area (TPSA) is 63.2 Å². The van der Waals surface area contributed by atoms with Gasteiger partial charge in [-0.3, -0.25) is 14.6 Å². The summed E-state index contributed by atoms with van der Waals surface area (Å²) in [5.74, 6) is -0.586. The number of halogens is 1. The molecule has 2 heterocycles. The Bertz CT molecular complexity index is 1360. The Labute approximate surface area is 230 Å². The monoisotopic (exact) mass is 531 g/mol. The van der Waals surface area contributed by atoms with E-state index in [-0.39, 0.29) is 17.0 Å². The van der Waals surface area contributed by atoms with Crippen LogP contribution in [-0.2, 0) is 4.79 Å². The van der Waals surface area contributed by atoms with E-state index in [1.165, 1.54) is 23.2 Å². The van der Waals surface area contributed by atoms with Gasteiger partial charge in [0.15, 0.2) is 0 Å². The van der Waals surface area contributed by atoms with Crippen LogP contribution in [0.1, 0.15) is 26.5 Å². The van der Waals surface area contributed by atoms with Crippen molar-refractivity contribution in [3.63, 3.8) is 0 Å². The average Bonchev–Trinajstić information content (AvgIpc) is 2.90. The van der Waals surface area contributed by atoms with Crippen LogP contribution in [0, 0.1) is 12.7 Å². The maximum absolute atomic E-state index is 15.2. The molecule has 1 aromatic heterocycles. The van der Waals surface area contributed by atoms with Crippen LogP contribution in [0.4, 0.5) is 15.8 Å². The van der Waals surface area contributed by atoms with Crippen molar-refractivity contribution in [2.45, 2.75) is 33.2 Å². The molecule has 0 spiro atoms. The van der Waals surface area contributed by atoms with Crippen LogP contribution in [-0.4, -0.2) is 72.1 Å². The van der Waals surface area contributed by atoms with Crippen molar-refractivity contribution in [3.8, 4) is 28.1 Å². The number of aromatic hydroxyl groups is 1. The van der Waals surface area contributed by atoms with E-state index in [9.17, 15) is 9.90 Å². The summed E-state index contributed by atoms with van der Waals surface area (Å²) in [6, 6.07) is 14.4. The van der Waals surface area contributed by atoms with Crippen molar-refractivity contribution in [2.24, 2.45) is 0 Å². The number of pyridine rings is 1. The van der Waals surface area contributed by atoms with E-state index in [1.807, 2.05) is 33.2 Å². The lowest BCUT2D eigenvalue weighted by Gasteiger charge is -2.43. The molecule has 39 heavy (non-hydrogen) atoms. The van der Waals surface area contributed by atoms with Gasteiger partial charge in [0.05, 0.1) is 5.69 Å². The molecule has 1 aliphatic heterocycles. The number of aryl methyl sites for hydroxylation is 1. The van der Waals surface area contributed by atoms with E-state index in [2.05, 4.69) is 47.7 Å². The summed E-state index contributed by atoms with van der Waals surface area (Å²) in [6.07, 6.45) is 3.71. The third kappa shape index (κ3) is 6.40. The van der Waals surface area contributed by atoms with E-state index < -0.39 is 5.82 Å². The predicted octanol–water partition coefficient (Wildman–Crippen LogP) is 5.48. The predicted molar refractivity (Wildman–Crippen MR) is 156 cm³/mol. The molecule has 7 nitrogen and oxygen atoms in total. The summed E-state index contributed by atoms with van der Waals surface area (Å²) in [7, 11) is 3.63. The Kier molecular flexibility index (Phi) is 8.25. The normalized spacial score (nSPS) is 14.6. The highest BCUT2D eigenvalue weighted by atomic mass is 19.1. The molecule has 1 aliphatic rings. The SMILES string of the molecule is Cc1cc(-c2ccc(N(C=O)/C=C\N(C)C)c(F)c2)c(O)c(-c2cccc(N3CCN(C(C)(C)C)CC3)c2)n1. The Balaban J connectivity index is 1.64. The molecule has 0 bridgehead atoms. The molecule has 1 fully saturated rings. The summed E-state index contributed by atoms with van der Waals surface area (Å²) in [5, 5.41) is 11.3. The molecule has 4 rings (SSSR count). The number of nitrogens with zero attached hydrogens (tertiary/aromatic N) is 5. The first kappa shape index (κ1) is 28.1. The number of benzene rings is 2. The summed E-state index contributed by atoms with van der Waals surface area (Å²) in [5.41, 5.74) is 4.28. The van der Waals surface area contributed by atoms with Crippen LogP contribution in [0.25, 0.3) is 22.4 Å². The number of carbonyl (C=O) groups excluding carboxylic acids is 1. The van der Waals surface area contributed by atoms with E-state index in [0.717, 1.165) is 37.4 Å². The van der Waals surface area contributed by atoms with Crippen molar-refractivity contribution in [2.75, 3.05) is 50.1 Å². The molecule has 0 aliphatic carbocycles. The van der Waals surface area contributed by atoms with Crippen LogP contribution in [0.2, 0.25) is 0 Å². The molecule has 0 unspecified atom stereocenters. The second-order valence-electron chi connectivity index (χ2n) is 11.1. The van der Waals surface area contributed by atoms with Crippen molar-refractivity contribution in [3.05, 3.63) is 72.4 Å². The fourth-order valence-electron chi connectivity index (χ4n) is 4.83. The minimum Gasteiger partial charge on any atom is -0.505 e. The molecule has 1 N–H and O–H groups in total. The van der Waals surface area contributed by atoms with Gasteiger partial charge < -0.3 is 14.9 Å². The number of amides is 1. The third-order valence-electron chi connectivity index (χ3n) is 7.01. The summed E-state index contributed by atoms with van der Waals surface area (Å²) in [6.45, 7) is 12.4. The fraction of sp³-hybridized carbons (Fsp3) is 0.355. The Morgan fingerprint density at radius 3 is 2.31 bits per heavy atom. The van der Waals surface area contributed by atoms with E-state index in [4.69, 9.17) is 0 Å². The molecule has 1 amide bonds. The highest BCUT2D eigenvalue weighted by Crippen LogP contribution is 2.39. The van der Waals surface area contributed by atoms with Crippen LogP contribution >= 0.6 is 0 Å². The summed E-state index contributed by atoms with van der Waals surface area (Å²) >= 11 is 0. The second-order valence-corrected chi connectivity index (χ2v) is 11.1. The number of piperazine rings is 1. The number of aromatic nitrogens is 1. The maximum atomic E-state index is 15.2. The van der Waals surface area contributed by atoms with Crippen molar-refractivity contribution < 1.29 is 14.3 Å². The van der Waals surface area contributed by atoms with Crippen molar-refractivity contribution in [1.82, 2.24) is 14.8 Å². The van der Waals surface area contributed by atoms with Gasteiger partial charge in [0.2, 0.25) is 6.41 Å². The largest absolute Gasteiger partial charge is 0.505 e. The van der Waals surface area contributed by atoms with Gasteiger partial charge in [0.1, 0.15) is 17.3 Å². The standard InChI is InChI=1S/C31H38FN5O2/c1-22-18-26(23-10-11-28(27(32)20-23)36(21-38)13-12-34(5)6)30(39)29(33-22)24-8-7-9-25(19-24)35-14-16-37(17-15-35)31(2,3)4/h7-13,18-21,39H,14-17H2,1-6H3/b13-12-. The molecule has 2 aromatic carbocycles. The first-order valence-electron chi connectivity index (χ1n) is 13.2. The van der Waals surface area contributed by atoms with Gasteiger partial charge in [-0.2, -0.15) is 0 Å². The molecular formula is C31H38FN5O2. The molecule has 0 saturated carbocycles. The maximum Gasteiger partial charge on any atom is 0.218 e. The van der Waals surface area contributed by atoms with Gasteiger partial charge in [-0.25, -0.2) is 9.37 Å². The third-order valence-corrected chi connectivity index (χ3v) is 7.01. The number of hydrogen-bond acceptors (Lipinski definition) is 6. The lowest BCUT2D eigenvalue weighted by atomic mass is 9.99.